The van der Waals surface area contributed by atoms with Crippen LogP contribution in [-0.4, -0.2) is 18.0 Å². The molecular weight excluding hydrogens is 466 g/mol. The first-order valence-corrected chi connectivity index (χ1v) is 10.4. The zero-order valence-electron chi connectivity index (χ0n) is 15.1. The number of amides is 1. The number of esters is 1. The van der Waals surface area contributed by atoms with Crippen LogP contribution in [0.5, 0.6) is 5.75 Å². The molecule has 0 unspecified atom stereocenters. The van der Waals surface area contributed by atoms with Crippen LogP contribution >= 0.6 is 38.9 Å². The van der Waals surface area contributed by atoms with Gasteiger partial charge in [-0.1, -0.05) is 17.7 Å². The van der Waals surface area contributed by atoms with E-state index < -0.39 is 11.9 Å². The van der Waals surface area contributed by atoms with Crippen LogP contribution in [0.1, 0.15) is 39.4 Å². The van der Waals surface area contributed by atoms with Gasteiger partial charge in [0.1, 0.15) is 17.2 Å². The smallest absolute Gasteiger partial charge is 0.349 e. The number of fused-ring (bicyclic) bond motifs is 1. The SMILES string of the molecule is CC(C)OC(=O)c1sc2cccc(Cl)c2c1COc1ccc(C(N)=O)c(Br)c1. The van der Waals surface area contributed by atoms with Gasteiger partial charge in [-0.15, -0.1) is 11.3 Å². The second-order valence-electron chi connectivity index (χ2n) is 6.27. The molecule has 3 aromatic rings. The summed E-state index contributed by atoms with van der Waals surface area (Å²) in [6, 6.07) is 10.4. The van der Waals surface area contributed by atoms with Gasteiger partial charge in [0.25, 0.3) is 0 Å². The van der Waals surface area contributed by atoms with Crippen molar-refractivity contribution < 1.29 is 19.1 Å². The number of hydrogen-bond donors (Lipinski definition) is 1. The van der Waals surface area contributed by atoms with Gasteiger partial charge in [-0.25, -0.2) is 4.79 Å². The molecule has 3 rings (SSSR count). The van der Waals surface area contributed by atoms with Crippen molar-refractivity contribution >= 4 is 60.8 Å². The van der Waals surface area contributed by atoms with E-state index in [0.29, 0.717) is 31.2 Å². The monoisotopic (exact) mass is 481 g/mol. The predicted molar refractivity (Wildman–Crippen MR) is 114 cm³/mol. The summed E-state index contributed by atoms with van der Waals surface area (Å²) in [6.07, 6.45) is -0.237. The Balaban J connectivity index is 1.96. The van der Waals surface area contributed by atoms with Crippen LogP contribution in [0.3, 0.4) is 0 Å². The Hall–Kier alpha value is -2.09. The van der Waals surface area contributed by atoms with E-state index in [1.165, 1.54) is 11.3 Å². The van der Waals surface area contributed by atoms with Crippen LogP contribution in [0.25, 0.3) is 10.1 Å². The molecule has 0 aliphatic heterocycles. The minimum atomic E-state index is -0.534. The number of primary amides is 1. The molecule has 0 fully saturated rings. The lowest BCUT2D eigenvalue weighted by atomic mass is 10.1. The van der Waals surface area contributed by atoms with E-state index in [4.69, 9.17) is 26.8 Å². The Morgan fingerprint density at radius 1 is 1.25 bits per heavy atom. The number of nitrogens with two attached hydrogens (primary N) is 1. The quantitative estimate of drug-likeness (QED) is 0.467. The van der Waals surface area contributed by atoms with Crippen molar-refractivity contribution in [1.29, 1.82) is 0 Å². The highest BCUT2D eigenvalue weighted by Gasteiger charge is 2.22. The van der Waals surface area contributed by atoms with Gasteiger partial charge in [0.05, 0.1) is 11.7 Å². The molecule has 1 heterocycles. The topological polar surface area (TPSA) is 78.6 Å². The Morgan fingerprint density at radius 2 is 2.00 bits per heavy atom. The molecule has 0 aliphatic carbocycles. The summed E-state index contributed by atoms with van der Waals surface area (Å²) in [6.45, 7) is 3.72. The van der Waals surface area contributed by atoms with E-state index in [9.17, 15) is 9.59 Å². The largest absolute Gasteiger partial charge is 0.489 e. The molecule has 0 spiro atoms. The summed E-state index contributed by atoms with van der Waals surface area (Å²) in [7, 11) is 0. The zero-order chi connectivity index (χ0) is 20.4. The van der Waals surface area contributed by atoms with Gasteiger partial charge >= 0.3 is 5.97 Å². The van der Waals surface area contributed by atoms with E-state index >= 15 is 0 Å². The molecule has 8 heteroatoms. The second-order valence-corrected chi connectivity index (χ2v) is 8.59. The summed E-state index contributed by atoms with van der Waals surface area (Å²) >= 11 is 11.0. The van der Waals surface area contributed by atoms with E-state index in [0.717, 1.165) is 10.1 Å². The second kappa shape index (κ2) is 8.51. The number of ether oxygens (including phenoxy) is 2. The molecule has 2 aromatic carbocycles. The number of rotatable bonds is 6. The van der Waals surface area contributed by atoms with Gasteiger partial charge in [0.15, 0.2) is 0 Å². The van der Waals surface area contributed by atoms with Gasteiger partial charge < -0.3 is 15.2 Å². The van der Waals surface area contributed by atoms with Crippen molar-refractivity contribution in [3.8, 4) is 5.75 Å². The standard InChI is InChI=1S/C20H17BrClNO4S/c1-10(2)27-20(25)18-13(17-15(22)4-3-5-16(17)28-18)9-26-11-6-7-12(19(23)24)14(21)8-11/h3-8,10H,9H2,1-2H3,(H2,23,24). The molecule has 0 saturated carbocycles. The maximum Gasteiger partial charge on any atom is 0.349 e. The van der Waals surface area contributed by atoms with E-state index in [1.807, 2.05) is 12.1 Å². The molecule has 1 aromatic heterocycles. The number of hydrogen-bond acceptors (Lipinski definition) is 5. The molecule has 1 amide bonds. The Bertz CT molecular complexity index is 1060. The van der Waals surface area contributed by atoms with Gasteiger partial charge in [-0.05, 0) is 60.1 Å². The third-order valence-corrected chi connectivity index (χ3v) is 6.03. The molecule has 0 saturated heterocycles. The first kappa shape index (κ1) is 20.6. The molecular formula is C20H17BrClNO4S. The van der Waals surface area contributed by atoms with Crippen molar-refractivity contribution in [2.75, 3.05) is 0 Å². The van der Waals surface area contributed by atoms with Crippen molar-refractivity contribution in [3.63, 3.8) is 0 Å². The van der Waals surface area contributed by atoms with Crippen LogP contribution in [0.2, 0.25) is 5.02 Å². The van der Waals surface area contributed by atoms with Gasteiger partial charge in [-0.3, -0.25) is 4.79 Å². The average Bonchev–Trinajstić information content (AvgIpc) is 2.99. The van der Waals surface area contributed by atoms with Crippen LogP contribution in [0.4, 0.5) is 0 Å². The lowest BCUT2D eigenvalue weighted by Crippen LogP contribution is -2.13. The van der Waals surface area contributed by atoms with Crippen LogP contribution in [0.15, 0.2) is 40.9 Å². The van der Waals surface area contributed by atoms with E-state index in [1.54, 1.807) is 38.1 Å². The summed E-state index contributed by atoms with van der Waals surface area (Å²) in [5.74, 6) is -0.421. The summed E-state index contributed by atoms with van der Waals surface area (Å²) in [5.41, 5.74) is 6.34. The summed E-state index contributed by atoms with van der Waals surface area (Å²) < 4.78 is 12.7. The van der Waals surface area contributed by atoms with Gasteiger partial charge in [0.2, 0.25) is 5.91 Å². The minimum absolute atomic E-state index is 0.120. The van der Waals surface area contributed by atoms with Gasteiger partial charge in [0, 0.05) is 25.1 Å². The Morgan fingerprint density at radius 3 is 2.64 bits per heavy atom. The average molecular weight is 483 g/mol. The summed E-state index contributed by atoms with van der Waals surface area (Å²) in [5, 5.41) is 1.32. The van der Waals surface area contributed by atoms with Crippen molar-refractivity contribution in [2.24, 2.45) is 5.73 Å². The molecule has 28 heavy (non-hydrogen) atoms. The predicted octanol–water partition coefficient (Wildman–Crippen LogP) is 5.56. The van der Waals surface area contributed by atoms with E-state index in [-0.39, 0.29) is 12.7 Å². The van der Waals surface area contributed by atoms with Gasteiger partial charge in [-0.2, -0.15) is 0 Å². The Labute approximate surface area is 179 Å². The maximum absolute atomic E-state index is 12.6. The molecule has 0 radical (unpaired) electrons. The van der Waals surface area contributed by atoms with Crippen molar-refractivity contribution in [2.45, 2.75) is 26.6 Å². The number of benzene rings is 2. The van der Waals surface area contributed by atoms with Crippen molar-refractivity contribution in [1.82, 2.24) is 0 Å². The first-order chi connectivity index (χ1) is 13.3. The number of carbonyl (C=O) groups excluding carboxylic acids is 2. The zero-order valence-corrected chi connectivity index (χ0v) is 18.3. The highest BCUT2D eigenvalue weighted by Crippen LogP contribution is 2.37. The number of carbonyl (C=O) groups is 2. The third-order valence-electron chi connectivity index (χ3n) is 3.88. The molecule has 146 valence electrons. The highest BCUT2D eigenvalue weighted by molar-refractivity contribution is 9.10. The van der Waals surface area contributed by atoms with Crippen LogP contribution in [-0.2, 0) is 11.3 Å². The van der Waals surface area contributed by atoms with Crippen LogP contribution in [0, 0.1) is 0 Å². The van der Waals surface area contributed by atoms with E-state index in [2.05, 4.69) is 15.9 Å². The maximum atomic E-state index is 12.6. The summed E-state index contributed by atoms with van der Waals surface area (Å²) in [4.78, 5) is 24.4. The fourth-order valence-corrected chi connectivity index (χ4v) is 4.69. The third kappa shape index (κ3) is 4.32. The fraction of sp³-hybridized carbons (Fsp3) is 0.200. The number of halogens is 2. The molecule has 0 aliphatic rings. The lowest BCUT2D eigenvalue weighted by Gasteiger charge is -2.11. The highest BCUT2D eigenvalue weighted by atomic mass is 79.9. The normalized spacial score (nSPS) is 11.0. The minimum Gasteiger partial charge on any atom is -0.489 e. The van der Waals surface area contributed by atoms with Crippen LogP contribution < -0.4 is 10.5 Å². The molecule has 0 atom stereocenters. The number of thiophene rings is 1. The fourth-order valence-electron chi connectivity index (χ4n) is 2.68. The first-order valence-electron chi connectivity index (χ1n) is 8.41. The molecule has 5 nitrogen and oxygen atoms in total. The molecule has 2 N–H and O–H groups in total. The molecule has 0 bridgehead atoms. The Kier molecular flexibility index (Phi) is 6.27. The lowest BCUT2D eigenvalue weighted by molar-refractivity contribution is 0.0381. The van der Waals surface area contributed by atoms with Crippen molar-refractivity contribution in [3.05, 3.63) is 61.9 Å².